The monoisotopic (exact) mass is 553 g/mol. The SMILES string of the molecule is Cc1ccc(NC(=O)c2cccc(S(=O)(=O)N3c4ccccc4C[C@H]3C)c2)cc1S(=O)(=O)N1CCCCC1. The lowest BCUT2D eigenvalue weighted by Gasteiger charge is -2.26. The third-order valence-electron chi connectivity index (χ3n) is 7.18. The maximum Gasteiger partial charge on any atom is 0.264 e. The lowest BCUT2D eigenvalue weighted by Crippen LogP contribution is -2.36. The number of carbonyl (C=O) groups is 1. The lowest BCUT2D eigenvalue weighted by molar-refractivity contribution is 0.102. The average Bonchev–Trinajstić information content (AvgIpc) is 3.26. The van der Waals surface area contributed by atoms with E-state index in [9.17, 15) is 21.6 Å². The zero-order valence-corrected chi connectivity index (χ0v) is 23.1. The first-order valence-corrected chi connectivity index (χ1v) is 15.6. The minimum atomic E-state index is -3.91. The molecule has 5 rings (SSSR count). The molecule has 3 aromatic carbocycles. The van der Waals surface area contributed by atoms with Crippen molar-refractivity contribution in [1.82, 2.24) is 4.31 Å². The molecule has 1 amide bonds. The van der Waals surface area contributed by atoms with Crippen LogP contribution in [-0.4, -0.2) is 46.2 Å². The summed E-state index contributed by atoms with van der Waals surface area (Å²) in [6, 6.07) is 17.9. The number of amides is 1. The number of aryl methyl sites for hydroxylation is 1. The Morgan fingerprint density at radius 2 is 1.61 bits per heavy atom. The van der Waals surface area contributed by atoms with E-state index in [-0.39, 0.29) is 21.4 Å². The Hall–Kier alpha value is -3.21. The standard InChI is InChI=1S/C28H31N3O5S2/c1-20-13-14-24(19-27(20)38(35,36)30-15-6-3-7-16-30)29-28(32)23-10-8-11-25(18-23)37(33,34)31-21(2)17-22-9-4-5-12-26(22)31/h4-5,8-14,18-19,21H,3,6-7,15-17H2,1-2H3,(H,29,32)/t21-/m1/s1. The number of nitrogens with zero attached hydrogens (tertiary/aromatic N) is 2. The van der Waals surface area contributed by atoms with Crippen LogP contribution in [0.1, 0.15) is 47.7 Å². The normalized spacial score (nSPS) is 18.3. The van der Waals surface area contributed by atoms with E-state index in [0.717, 1.165) is 24.8 Å². The molecule has 2 heterocycles. The summed E-state index contributed by atoms with van der Waals surface area (Å²) in [7, 11) is -7.59. The molecular formula is C28H31N3O5S2. The molecule has 1 atom stereocenters. The highest BCUT2D eigenvalue weighted by Gasteiger charge is 2.36. The van der Waals surface area contributed by atoms with Crippen molar-refractivity contribution in [3.05, 3.63) is 83.4 Å². The van der Waals surface area contributed by atoms with E-state index in [1.165, 1.54) is 38.9 Å². The molecule has 1 fully saturated rings. The second-order valence-corrected chi connectivity index (χ2v) is 13.6. The van der Waals surface area contributed by atoms with Crippen LogP contribution in [0.4, 0.5) is 11.4 Å². The Morgan fingerprint density at radius 1 is 0.868 bits per heavy atom. The average molecular weight is 554 g/mol. The number of hydrogen-bond donors (Lipinski definition) is 1. The van der Waals surface area contributed by atoms with Crippen LogP contribution in [0.2, 0.25) is 0 Å². The molecule has 3 aromatic rings. The van der Waals surface area contributed by atoms with Gasteiger partial charge in [-0.1, -0.05) is 36.8 Å². The highest BCUT2D eigenvalue weighted by atomic mass is 32.2. The molecule has 1 N–H and O–H groups in total. The van der Waals surface area contributed by atoms with Gasteiger partial charge < -0.3 is 5.32 Å². The van der Waals surface area contributed by atoms with Gasteiger partial charge in [-0.05, 0) is 80.6 Å². The fourth-order valence-electron chi connectivity index (χ4n) is 5.22. The Labute approximate surface area is 224 Å². The molecule has 2 aliphatic heterocycles. The first-order valence-electron chi connectivity index (χ1n) is 12.7. The predicted molar refractivity (Wildman–Crippen MR) is 147 cm³/mol. The van der Waals surface area contributed by atoms with E-state index in [1.807, 2.05) is 25.1 Å². The fourth-order valence-corrected chi connectivity index (χ4v) is 8.72. The minimum absolute atomic E-state index is 0.0194. The largest absolute Gasteiger partial charge is 0.322 e. The first-order chi connectivity index (χ1) is 18.1. The maximum atomic E-state index is 13.6. The number of anilines is 2. The fraction of sp³-hybridized carbons (Fsp3) is 0.321. The number of nitrogens with one attached hydrogen (secondary N) is 1. The molecule has 2 aliphatic rings. The van der Waals surface area contributed by atoms with Gasteiger partial charge in [-0.3, -0.25) is 9.10 Å². The number of rotatable bonds is 6. The van der Waals surface area contributed by atoms with Crippen LogP contribution >= 0.6 is 0 Å². The van der Waals surface area contributed by atoms with Gasteiger partial charge in [0.05, 0.1) is 15.5 Å². The molecule has 8 nitrogen and oxygen atoms in total. The molecule has 1 saturated heterocycles. The molecule has 0 radical (unpaired) electrons. The van der Waals surface area contributed by atoms with Gasteiger partial charge in [0, 0.05) is 30.4 Å². The quantitative estimate of drug-likeness (QED) is 0.482. The van der Waals surface area contributed by atoms with Crippen molar-refractivity contribution in [2.24, 2.45) is 0 Å². The van der Waals surface area contributed by atoms with Crippen molar-refractivity contribution in [2.75, 3.05) is 22.7 Å². The lowest BCUT2D eigenvalue weighted by atomic mass is 10.1. The van der Waals surface area contributed by atoms with Gasteiger partial charge in [0.25, 0.3) is 15.9 Å². The van der Waals surface area contributed by atoms with E-state index in [4.69, 9.17) is 0 Å². The highest BCUT2D eigenvalue weighted by Crippen LogP contribution is 2.36. The van der Waals surface area contributed by atoms with Crippen LogP contribution in [0.15, 0.2) is 76.5 Å². The Morgan fingerprint density at radius 3 is 2.37 bits per heavy atom. The second-order valence-electron chi connectivity index (χ2n) is 9.91. The topological polar surface area (TPSA) is 104 Å². The summed E-state index contributed by atoms with van der Waals surface area (Å²) >= 11 is 0. The van der Waals surface area contributed by atoms with E-state index in [1.54, 1.807) is 25.1 Å². The van der Waals surface area contributed by atoms with Gasteiger partial charge in [0.1, 0.15) is 0 Å². The van der Waals surface area contributed by atoms with Gasteiger partial charge >= 0.3 is 0 Å². The summed E-state index contributed by atoms with van der Waals surface area (Å²) in [5, 5.41) is 2.74. The van der Waals surface area contributed by atoms with Gasteiger partial charge in [0.2, 0.25) is 10.0 Å². The van der Waals surface area contributed by atoms with Crippen LogP contribution in [0.3, 0.4) is 0 Å². The number of benzene rings is 3. The summed E-state index contributed by atoms with van der Waals surface area (Å²) in [5.74, 6) is -0.526. The van der Waals surface area contributed by atoms with Crippen LogP contribution in [-0.2, 0) is 26.5 Å². The van der Waals surface area contributed by atoms with E-state index in [2.05, 4.69) is 5.32 Å². The summed E-state index contributed by atoms with van der Waals surface area (Å²) < 4.78 is 56.6. The smallest absolute Gasteiger partial charge is 0.264 e. The Balaban J connectivity index is 1.40. The van der Waals surface area contributed by atoms with E-state index >= 15 is 0 Å². The van der Waals surface area contributed by atoms with E-state index in [0.29, 0.717) is 36.4 Å². The summed E-state index contributed by atoms with van der Waals surface area (Å²) in [6.07, 6.45) is 3.29. The molecule has 0 aromatic heterocycles. The van der Waals surface area contributed by atoms with Crippen LogP contribution in [0.25, 0.3) is 0 Å². The molecule has 38 heavy (non-hydrogen) atoms. The molecule has 0 bridgehead atoms. The molecule has 0 unspecified atom stereocenters. The molecule has 0 saturated carbocycles. The number of fused-ring (bicyclic) bond motifs is 1. The molecule has 0 spiro atoms. The van der Waals surface area contributed by atoms with Crippen LogP contribution in [0, 0.1) is 6.92 Å². The van der Waals surface area contributed by atoms with Gasteiger partial charge in [-0.15, -0.1) is 0 Å². The van der Waals surface area contributed by atoms with Crippen molar-refractivity contribution in [2.45, 2.75) is 55.4 Å². The number of carbonyl (C=O) groups excluding carboxylic acids is 1. The predicted octanol–water partition coefficient (Wildman–Crippen LogP) is 4.56. The number of hydrogen-bond acceptors (Lipinski definition) is 5. The minimum Gasteiger partial charge on any atom is -0.322 e. The third-order valence-corrected chi connectivity index (χ3v) is 11.1. The summed E-state index contributed by atoms with van der Waals surface area (Å²) in [4.78, 5) is 13.3. The number of piperidine rings is 1. The Kier molecular flexibility index (Phi) is 7.06. The summed E-state index contributed by atoms with van der Waals surface area (Å²) in [5.41, 5.74) is 2.70. The first kappa shape index (κ1) is 26.4. The summed E-state index contributed by atoms with van der Waals surface area (Å²) in [6.45, 7) is 4.56. The van der Waals surface area contributed by atoms with Gasteiger partial charge in [0.15, 0.2) is 0 Å². The maximum absolute atomic E-state index is 13.6. The second kappa shape index (κ2) is 10.2. The van der Waals surface area contributed by atoms with Crippen molar-refractivity contribution in [3.8, 4) is 0 Å². The van der Waals surface area contributed by atoms with Crippen molar-refractivity contribution < 1.29 is 21.6 Å². The molecular weight excluding hydrogens is 522 g/mol. The number of sulfonamides is 2. The zero-order chi connectivity index (χ0) is 27.1. The van der Waals surface area contributed by atoms with E-state index < -0.39 is 26.0 Å². The van der Waals surface area contributed by atoms with Gasteiger partial charge in [-0.2, -0.15) is 4.31 Å². The van der Waals surface area contributed by atoms with Crippen LogP contribution in [0.5, 0.6) is 0 Å². The van der Waals surface area contributed by atoms with Gasteiger partial charge in [-0.25, -0.2) is 16.8 Å². The molecule has 200 valence electrons. The van der Waals surface area contributed by atoms with Crippen molar-refractivity contribution >= 4 is 37.3 Å². The van der Waals surface area contributed by atoms with Crippen molar-refractivity contribution in [3.63, 3.8) is 0 Å². The van der Waals surface area contributed by atoms with Crippen LogP contribution < -0.4 is 9.62 Å². The molecule has 0 aliphatic carbocycles. The number of para-hydroxylation sites is 1. The van der Waals surface area contributed by atoms with Crippen molar-refractivity contribution in [1.29, 1.82) is 0 Å². The third kappa shape index (κ3) is 4.83. The molecule has 10 heteroatoms. The highest BCUT2D eigenvalue weighted by molar-refractivity contribution is 7.93. The zero-order valence-electron chi connectivity index (χ0n) is 21.4. The Bertz CT molecular complexity index is 1600.